The van der Waals surface area contributed by atoms with Crippen LogP contribution in [0.5, 0.6) is 11.5 Å². The summed E-state index contributed by atoms with van der Waals surface area (Å²) in [4.78, 5) is 13.5. The lowest BCUT2D eigenvalue weighted by atomic mass is 10.1. The van der Waals surface area contributed by atoms with Crippen LogP contribution in [0.15, 0.2) is 18.2 Å². The second-order valence-corrected chi connectivity index (χ2v) is 6.60. The number of nitrogens with zero attached hydrogens (tertiary/aromatic N) is 4. The van der Waals surface area contributed by atoms with E-state index in [2.05, 4.69) is 37.1 Å². The summed E-state index contributed by atoms with van der Waals surface area (Å²) in [6.45, 7) is 6.65. The van der Waals surface area contributed by atoms with Crippen molar-refractivity contribution in [2.24, 2.45) is 0 Å². The molecule has 0 radical (unpaired) electrons. The molecule has 1 N–H and O–H groups in total. The number of hydrogen-bond acceptors (Lipinski definition) is 6. The Morgan fingerprint density at radius 1 is 1.15 bits per heavy atom. The number of carbonyl (C=O) groups excluding carboxylic acids is 1. The molecule has 1 amide bonds. The highest BCUT2D eigenvalue weighted by atomic mass is 16.6. The van der Waals surface area contributed by atoms with Gasteiger partial charge in [-0.25, -0.2) is 0 Å². The summed E-state index contributed by atoms with van der Waals surface area (Å²) in [6.07, 6.45) is 0.845. The van der Waals surface area contributed by atoms with Gasteiger partial charge in [0.1, 0.15) is 19.0 Å². The van der Waals surface area contributed by atoms with Crippen molar-refractivity contribution in [3.63, 3.8) is 0 Å². The zero-order valence-corrected chi connectivity index (χ0v) is 14.9. The first-order chi connectivity index (χ1) is 12.7. The Labute approximate surface area is 152 Å². The van der Waals surface area contributed by atoms with Crippen molar-refractivity contribution in [2.45, 2.75) is 33.0 Å². The van der Waals surface area contributed by atoms with Gasteiger partial charge in [0.2, 0.25) is 5.91 Å². The van der Waals surface area contributed by atoms with Crippen LogP contribution in [0, 0.1) is 0 Å². The van der Waals surface area contributed by atoms with E-state index < -0.39 is 0 Å². The molecule has 0 saturated heterocycles. The quantitative estimate of drug-likeness (QED) is 0.869. The van der Waals surface area contributed by atoms with Crippen molar-refractivity contribution in [1.82, 2.24) is 25.0 Å². The van der Waals surface area contributed by atoms with Crippen LogP contribution in [-0.4, -0.2) is 51.9 Å². The minimum atomic E-state index is -0.0591. The monoisotopic (exact) mass is 357 g/mol. The molecule has 8 heteroatoms. The highest BCUT2D eigenvalue weighted by Crippen LogP contribution is 2.31. The van der Waals surface area contributed by atoms with E-state index in [1.807, 2.05) is 6.07 Å². The van der Waals surface area contributed by atoms with Crippen LogP contribution < -0.4 is 14.8 Å². The number of hydrogen-bond donors (Lipinski definition) is 1. The van der Waals surface area contributed by atoms with Gasteiger partial charge in [-0.15, -0.1) is 10.2 Å². The number of fused-ring (bicyclic) bond motifs is 2. The topological polar surface area (TPSA) is 81.5 Å². The molecule has 4 rings (SSSR count). The Kier molecular flexibility index (Phi) is 4.75. The number of rotatable bonds is 4. The Hall–Kier alpha value is -2.61. The van der Waals surface area contributed by atoms with Crippen molar-refractivity contribution >= 4 is 5.91 Å². The molecule has 0 atom stereocenters. The van der Waals surface area contributed by atoms with Gasteiger partial charge in [0.25, 0.3) is 0 Å². The average molecular weight is 357 g/mol. The first kappa shape index (κ1) is 16.8. The molecular formula is C18H23N5O3. The first-order valence-electron chi connectivity index (χ1n) is 8.95. The molecule has 0 bridgehead atoms. The Morgan fingerprint density at radius 2 is 2.00 bits per heavy atom. The van der Waals surface area contributed by atoms with Crippen LogP contribution >= 0.6 is 0 Å². The van der Waals surface area contributed by atoms with Crippen molar-refractivity contribution in [1.29, 1.82) is 0 Å². The molecule has 0 saturated carbocycles. The molecule has 0 fully saturated rings. The Bertz CT molecular complexity index is 804. The maximum Gasteiger partial charge on any atom is 0.217 e. The minimum Gasteiger partial charge on any atom is -0.486 e. The lowest BCUT2D eigenvalue weighted by molar-refractivity contribution is -0.119. The maximum atomic E-state index is 11.1. The third kappa shape index (κ3) is 3.65. The number of nitrogens with one attached hydrogen (secondary N) is 1. The van der Waals surface area contributed by atoms with Gasteiger partial charge in [-0.1, -0.05) is 6.07 Å². The minimum absolute atomic E-state index is 0.0591. The maximum absolute atomic E-state index is 11.1. The van der Waals surface area contributed by atoms with Crippen molar-refractivity contribution in [3.05, 3.63) is 35.4 Å². The molecule has 0 spiro atoms. The van der Waals surface area contributed by atoms with Crippen LogP contribution in [0.3, 0.4) is 0 Å². The fraction of sp³-hybridized carbons (Fsp3) is 0.500. The highest BCUT2D eigenvalue weighted by molar-refractivity contribution is 5.72. The second-order valence-electron chi connectivity index (χ2n) is 6.60. The predicted molar refractivity (Wildman–Crippen MR) is 94.0 cm³/mol. The highest BCUT2D eigenvalue weighted by Gasteiger charge is 2.19. The summed E-state index contributed by atoms with van der Waals surface area (Å²) in [5, 5.41) is 11.3. The Morgan fingerprint density at radius 3 is 2.85 bits per heavy atom. The van der Waals surface area contributed by atoms with Gasteiger partial charge in [-0.3, -0.25) is 9.69 Å². The smallest absolute Gasteiger partial charge is 0.217 e. The molecule has 26 heavy (non-hydrogen) atoms. The third-order valence-corrected chi connectivity index (χ3v) is 4.70. The fourth-order valence-electron chi connectivity index (χ4n) is 3.36. The van der Waals surface area contributed by atoms with E-state index in [0.717, 1.165) is 55.7 Å². The van der Waals surface area contributed by atoms with E-state index in [0.29, 0.717) is 19.8 Å². The Balaban J connectivity index is 1.40. The number of amides is 1. The summed E-state index contributed by atoms with van der Waals surface area (Å²) in [6, 6.07) is 6.16. The van der Waals surface area contributed by atoms with E-state index >= 15 is 0 Å². The molecule has 1 aromatic heterocycles. The molecule has 0 aliphatic carbocycles. The average Bonchev–Trinajstić information content (AvgIpc) is 2.93. The summed E-state index contributed by atoms with van der Waals surface area (Å²) in [5.41, 5.74) is 1.21. The molecule has 2 aliphatic heterocycles. The fourth-order valence-corrected chi connectivity index (χ4v) is 3.36. The van der Waals surface area contributed by atoms with Gasteiger partial charge in [0.15, 0.2) is 17.3 Å². The van der Waals surface area contributed by atoms with Gasteiger partial charge in [0.05, 0.1) is 6.54 Å². The van der Waals surface area contributed by atoms with Crippen molar-refractivity contribution in [2.75, 3.05) is 26.3 Å². The molecule has 8 nitrogen and oxygen atoms in total. The zero-order valence-electron chi connectivity index (χ0n) is 14.9. The summed E-state index contributed by atoms with van der Waals surface area (Å²) in [7, 11) is 0. The number of ether oxygens (including phenoxy) is 2. The van der Waals surface area contributed by atoms with E-state index in [4.69, 9.17) is 9.47 Å². The van der Waals surface area contributed by atoms with Crippen LogP contribution in [0.4, 0.5) is 0 Å². The van der Waals surface area contributed by atoms with Crippen LogP contribution in [0.1, 0.15) is 24.1 Å². The van der Waals surface area contributed by atoms with Crippen LogP contribution in [0.25, 0.3) is 0 Å². The van der Waals surface area contributed by atoms with E-state index in [1.54, 1.807) is 0 Å². The number of carbonyl (C=O) groups is 1. The first-order valence-corrected chi connectivity index (χ1v) is 8.95. The lowest BCUT2D eigenvalue weighted by Gasteiger charge is -2.22. The molecule has 2 aromatic rings. The molecule has 138 valence electrons. The standard InChI is InChI=1S/C18H23N5O3/c1-13(24)19-11-18-21-20-17-4-5-22(6-7-23(17)18)12-14-2-3-15-16(10-14)26-9-8-25-15/h2-3,10H,4-9,11-12H2,1H3,(H,19,24). The SMILES string of the molecule is CC(=O)NCc1nnc2n1CCN(Cc1ccc3c(c1)OCCO3)CC2. The second kappa shape index (κ2) is 7.33. The van der Waals surface area contributed by atoms with Gasteiger partial charge in [0, 0.05) is 39.5 Å². The van der Waals surface area contributed by atoms with E-state index in [9.17, 15) is 4.79 Å². The lowest BCUT2D eigenvalue weighted by Crippen LogP contribution is -2.27. The largest absolute Gasteiger partial charge is 0.486 e. The predicted octanol–water partition coefficient (Wildman–Crippen LogP) is 0.744. The summed E-state index contributed by atoms with van der Waals surface area (Å²) >= 11 is 0. The summed E-state index contributed by atoms with van der Waals surface area (Å²) in [5.74, 6) is 3.39. The summed E-state index contributed by atoms with van der Waals surface area (Å²) < 4.78 is 13.4. The molecule has 3 heterocycles. The van der Waals surface area contributed by atoms with Crippen LogP contribution in [-0.2, 0) is 30.8 Å². The van der Waals surface area contributed by atoms with Crippen LogP contribution in [0.2, 0.25) is 0 Å². The van der Waals surface area contributed by atoms with Gasteiger partial charge in [-0.05, 0) is 17.7 Å². The molecule has 0 unspecified atom stereocenters. The van der Waals surface area contributed by atoms with E-state index in [-0.39, 0.29) is 5.91 Å². The molecule has 1 aromatic carbocycles. The third-order valence-electron chi connectivity index (χ3n) is 4.70. The van der Waals surface area contributed by atoms with Gasteiger partial charge in [-0.2, -0.15) is 0 Å². The zero-order chi connectivity index (χ0) is 17.9. The van der Waals surface area contributed by atoms with Crippen molar-refractivity contribution in [3.8, 4) is 11.5 Å². The molecule has 2 aliphatic rings. The van der Waals surface area contributed by atoms with Crippen molar-refractivity contribution < 1.29 is 14.3 Å². The number of aromatic nitrogens is 3. The van der Waals surface area contributed by atoms with Gasteiger partial charge < -0.3 is 19.4 Å². The van der Waals surface area contributed by atoms with Gasteiger partial charge >= 0.3 is 0 Å². The number of benzene rings is 1. The normalized spacial score (nSPS) is 16.7. The van der Waals surface area contributed by atoms with E-state index in [1.165, 1.54) is 12.5 Å². The molecular weight excluding hydrogens is 334 g/mol.